The Hall–Kier alpha value is -1.34. The molecule has 2 heterocycles. The summed E-state index contributed by atoms with van der Waals surface area (Å²) in [4.78, 5) is 0. The van der Waals surface area contributed by atoms with Crippen LogP contribution >= 0.6 is 0 Å². The van der Waals surface area contributed by atoms with Crippen molar-refractivity contribution < 1.29 is 4.74 Å². The number of hydrogen-bond acceptors (Lipinski definition) is 6. The number of nitrogens with one attached hydrogen (secondary N) is 1. The molecule has 0 amide bonds. The number of aromatic nitrogens is 3. The molecule has 7 nitrogen and oxygen atoms in total. The Bertz CT molecular complexity index is 331. The molecular formula is C7H14N6O. The fraction of sp³-hybridized carbons (Fsp3) is 0.714. The van der Waals surface area contributed by atoms with Crippen LogP contribution in [0, 0.1) is 0 Å². The predicted octanol–water partition coefficient (Wildman–Crippen LogP) is -1.55. The molecule has 0 radical (unpaired) electrons. The van der Waals surface area contributed by atoms with Gasteiger partial charge in [0.05, 0.1) is 5.60 Å². The molecule has 7 heteroatoms. The highest BCUT2D eigenvalue weighted by Gasteiger charge is 2.32. The molecule has 78 valence electrons. The molecule has 1 aliphatic heterocycles. The van der Waals surface area contributed by atoms with Gasteiger partial charge in [-0.15, -0.1) is 10.2 Å². The molecule has 0 saturated carbocycles. The van der Waals surface area contributed by atoms with Crippen LogP contribution in [0.25, 0.3) is 0 Å². The second-order valence-corrected chi connectivity index (χ2v) is 3.69. The van der Waals surface area contributed by atoms with E-state index < -0.39 is 0 Å². The first-order valence-electron chi connectivity index (χ1n) is 4.40. The average Bonchev–Trinajstić information content (AvgIpc) is 2.42. The first kappa shape index (κ1) is 9.22. The van der Waals surface area contributed by atoms with Gasteiger partial charge in [0, 0.05) is 13.1 Å². The van der Waals surface area contributed by atoms with Gasteiger partial charge < -0.3 is 21.6 Å². The molecule has 1 fully saturated rings. The van der Waals surface area contributed by atoms with Crippen LogP contribution in [0.3, 0.4) is 0 Å². The number of rotatable bonds is 3. The smallest absolute Gasteiger partial charge is 0.240 e. The van der Waals surface area contributed by atoms with Gasteiger partial charge >= 0.3 is 0 Å². The number of anilines is 1. The molecular weight excluding hydrogens is 184 g/mol. The second-order valence-electron chi connectivity index (χ2n) is 3.69. The first-order valence-corrected chi connectivity index (χ1v) is 4.40. The molecule has 1 aromatic heterocycles. The van der Waals surface area contributed by atoms with Crippen LogP contribution in [0.4, 0.5) is 5.95 Å². The van der Waals surface area contributed by atoms with Crippen molar-refractivity contribution in [2.75, 3.05) is 24.7 Å². The second kappa shape index (κ2) is 3.10. The van der Waals surface area contributed by atoms with E-state index >= 15 is 0 Å². The largest absolute Gasteiger partial charge is 0.366 e. The van der Waals surface area contributed by atoms with Gasteiger partial charge in [-0.2, -0.15) is 0 Å². The van der Waals surface area contributed by atoms with E-state index in [1.54, 1.807) is 0 Å². The van der Waals surface area contributed by atoms with Crippen molar-refractivity contribution in [1.82, 2.24) is 20.2 Å². The van der Waals surface area contributed by atoms with Crippen LogP contribution in [0.1, 0.15) is 12.7 Å². The van der Waals surface area contributed by atoms with Crippen molar-refractivity contribution in [3.8, 4) is 0 Å². The fourth-order valence-electron chi connectivity index (χ4n) is 1.25. The van der Waals surface area contributed by atoms with Gasteiger partial charge in [-0.05, 0) is 6.92 Å². The zero-order chi connectivity index (χ0) is 10.2. The van der Waals surface area contributed by atoms with Crippen molar-refractivity contribution >= 4 is 5.95 Å². The minimum absolute atomic E-state index is 0.110. The summed E-state index contributed by atoms with van der Waals surface area (Å²) >= 11 is 0. The highest BCUT2D eigenvalue weighted by molar-refractivity contribution is 5.16. The minimum Gasteiger partial charge on any atom is -0.366 e. The maximum Gasteiger partial charge on any atom is 0.240 e. The van der Waals surface area contributed by atoms with Crippen LogP contribution in [0.2, 0.25) is 0 Å². The Morgan fingerprint density at radius 3 is 2.71 bits per heavy atom. The number of ether oxygens (including phenoxy) is 1. The third-order valence-electron chi connectivity index (χ3n) is 2.34. The Labute approximate surface area is 81.4 Å². The van der Waals surface area contributed by atoms with Gasteiger partial charge in [-0.3, -0.25) is 0 Å². The lowest BCUT2D eigenvalue weighted by Gasteiger charge is -2.38. The van der Waals surface area contributed by atoms with Gasteiger partial charge in [0.25, 0.3) is 0 Å². The SMILES string of the molecule is CC1(OCc2nnc(N)n2N)CNC1. The summed E-state index contributed by atoms with van der Waals surface area (Å²) < 4.78 is 6.86. The molecule has 14 heavy (non-hydrogen) atoms. The van der Waals surface area contributed by atoms with Gasteiger partial charge in [-0.1, -0.05) is 0 Å². The first-order chi connectivity index (χ1) is 6.61. The van der Waals surface area contributed by atoms with Gasteiger partial charge in [0.15, 0.2) is 5.82 Å². The molecule has 1 aromatic rings. The quantitative estimate of drug-likeness (QED) is 0.508. The summed E-state index contributed by atoms with van der Waals surface area (Å²) in [6.07, 6.45) is 0. The fourth-order valence-corrected chi connectivity index (χ4v) is 1.25. The molecule has 0 bridgehead atoms. The van der Waals surface area contributed by atoms with Crippen LogP contribution in [-0.4, -0.2) is 33.6 Å². The van der Waals surface area contributed by atoms with E-state index in [1.807, 2.05) is 6.92 Å². The van der Waals surface area contributed by atoms with Gasteiger partial charge in [0.1, 0.15) is 6.61 Å². The number of nitrogens with zero attached hydrogens (tertiary/aromatic N) is 3. The molecule has 2 rings (SSSR count). The molecule has 0 spiro atoms. The molecule has 0 aliphatic carbocycles. The molecule has 5 N–H and O–H groups in total. The highest BCUT2D eigenvalue weighted by atomic mass is 16.5. The Morgan fingerprint density at radius 1 is 1.57 bits per heavy atom. The van der Waals surface area contributed by atoms with Crippen molar-refractivity contribution in [2.24, 2.45) is 0 Å². The third kappa shape index (κ3) is 1.51. The normalized spacial score (nSPS) is 19.2. The minimum atomic E-state index is -0.110. The summed E-state index contributed by atoms with van der Waals surface area (Å²) in [5, 5.41) is 10.6. The maximum absolute atomic E-state index is 5.62. The van der Waals surface area contributed by atoms with E-state index in [-0.39, 0.29) is 11.5 Å². The Morgan fingerprint density at radius 2 is 2.29 bits per heavy atom. The third-order valence-corrected chi connectivity index (χ3v) is 2.34. The number of hydrogen-bond donors (Lipinski definition) is 3. The van der Waals surface area contributed by atoms with E-state index in [0.717, 1.165) is 13.1 Å². The zero-order valence-corrected chi connectivity index (χ0v) is 8.03. The summed E-state index contributed by atoms with van der Waals surface area (Å²) in [5.74, 6) is 6.29. The maximum atomic E-state index is 5.62. The van der Waals surface area contributed by atoms with Crippen LogP contribution < -0.4 is 16.9 Å². The molecule has 1 saturated heterocycles. The van der Waals surface area contributed by atoms with E-state index in [2.05, 4.69) is 15.5 Å². The van der Waals surface area contributed by atoms with Crippen molar-refractivity contribution in [3.63, 3.8) is 0 Å². The van der Waals surface area contributed by atoms with E-state index in [0.29, 0.717) is 12.4 Å². The summed E-state index contributed by atoms with van der Waals surface area (Å²) in [6.45, 7) is 4.06. The van der Waals surface area contributed by atoms with Gasteiger partial charge in [-0.25, -0.2) is 4.68 Å². The van der Waals surface area contributed by atoms with E-state index in [1.165, 1.54) is 4.68 Å². The monoisotopic (exact) mass is 198 g/mol. The van der Waals surface area contributed by atoms with E-state index in [9.17, 15) is 0 Å². The van der Waals surface area contributed by atoms with Crippen LogP contribution in [-0.2, 0) is 11.3 Å². The topological polar surface area (TPSA) is 104 Å². The van der Waals surface area contributed by atoms with Crippen molar-refractivity contribution in [2.45, 2.75) is 19.1 Å². The van der Waals surface area contributed by atoms with E-state index in [4.69, 9.17) is 16.3 Å². The lowest BCUT2D eigenvalue weighted by Crippen LogP contribution is -2.58. The Balaban J connectivity index is 1.94. The zero-order valence-electron chi connectivity index (χ0n) is 8.03. The molecule has 0 unspecified atom stereocenters. The molecule has 1 aliphatic rings. The lowest BCUT2D eigenvalue weighted by molar-refractivity contribution is -0.0795. The highest BCUT2D eigenvalue weighted by Crippen LogP contribution is 2.17. The van der Waals surface area contributed by atoms with Crippen LogP contribution in [0.15, 0.2) is 0 Å². The number of nitrogen functional groups attached to an aromatic ring is 2. The summed E-state index contributed by atoms with van der Waals surface area (Å²) in [5.41, 5.74) is 5.31. The summed E-state index contributed by atoms with van der Waals surface area (Å²) in [7, 11) is 0. The summed E-state index contributed by atoms with van der Waals surface area (Å²) in [6, 6.07) is 0. The van der Waals surface area contributed by atoms with Crippen molar-refractivity contribution in [3.05, 3.63) is 5.82 Å². The standard InChI is InChI=1S/C7H14N6O/c1-7(3-10-4-7)14-2-5-11-12-6(8)13(5)9/h10H,2-4,9H2,1H3,(H2,8,12). The lowest BCUT2D eigenvalue weighted by atomic mass is 10.0. The molecule has 0 atom stereocenters. The Kier molecular flexibility index (Phi) is 2.05. The predicted molar refractivity (Wildman–Crippen MR) is 50.6 cm³/mol. The van der Waals surface area contributed by atoms with Crippen LogP contribution in [0.5, 0.6) is 0 Å². The number of nitrogens with two attached hydrogens (primary N) is 2. The molecule has 0 aromatic carbocycles. The van der Waals surface area contributed by atoms with Gasteiger partial charge in [0.2, 0.25) is 5.95 Å². The van der Waals surface area contributed by atoms with Crippen molar-refractivity contribution in [1.29, 1.82) is 0 Å². The average molecular weight is 198 g/mol.